The third kappa shape index (κ3) is 4.81. The monoisotopic (exact) mass is 340 g/mol. The minimum atomic E-state index is -0.434. The van der Waals surface area contributed by atoms with Gasteiger partial charge in [0.2, 0.25) is 5.91 Å². The highest BCUT2D eigenvalue weighted by molar-refractivity contribution is 5.95. The van der Waals surface area contributed by atoms with Crippen molar-refractivity contribution >= 4 is 11.6 Å². The number of nitrogens with one attached hydrogen (secondary N) is 2. The molecule has 1 amide bonds. The van der Waals surface area contributed by atoms with Crippen molar-refractivity contribution in [1.29, 1.82) is 0 Å². The fourth-order valence-corrected chi connectivity index (χ4v) is 2.98. The Hall–Kier alpha value is -2.37. The Morgan fingerprint density at radius 3 is 2.80 bits per heavy atom. The molecule has 0 spiro atoms. The number of hydrogen-bond donors (Lipinski definition) is 2. The zero-order valence-corrected chi connectivity index (χ0v) is 14.4. The quantitative estimate of drug-likeness (QED) is 0.813. The third-order valence-electron chi connectivity index (χ3n) is 4.31. The maximum atomic E-state index is 12.9. The van der Waals surface area contributed by atoms with Crippen LogP contribution in [-0.2, 0) is 9.53 Å². The van der Waals surface area contributed by atoms with Crippen molar-refractivity contribution in [2.75, 3.05) is 25.6 Å². The summed E-state index contributed by atoms with van der Waals surface area (Å²) in [7, 11) is 1.61. The predicted octanol–water partition coefficient (Wildman–Crippen LogP) is 3.14. The Bertz CT molecular complexity index is 684. The van der Waals surface area contributed by atoms with Gasteiger partial charge in [0.15, 0.2) is 0 Å². The van der Waals surface area contributed by atoms with Crippen LogP contribution < -0.4 is 15.4 Å². The Morgan fingerprint density at radius 1 is 1.24 bits per heavy atom. The molecule has 1 saturated heterocycles. The highest BCUT2D eigenvalue weighted by atomic mass is 16.5. The van der Waals surface area contributed by atoms with Crippen LogP contribution in [0.25, 0.3) is 0 Å². The van der Waals surface area contributed by atoms with E-state index in [0.717, 1.165) is 25.0 Å². The van der Waals surface area contributed by atoms with Crippen molar-refractivity contribution < 1.29 is 14.3 Å². The van der Waals surface area contributed by atoms with E-state index in [1.165, 1.54) is 0 Å². The Balaban J connectivity index is 1.71. The van der Waals surface area contributed by atoms with Crippen molar-refractivity contribution in [3.63, 3.8) is 0 Å². The lowest BCUT2D eigenvalue weighted by molar-refractivity contribution is -0.118. The fraction of sp³-hybridized carbons (Fsp3) is 0.350. The molecule has 0 aliphatic carbocycles. The molecule has 2 aromatic rings. The molecule has 2 aromatic carbocycles. The number of rotatable bonds is 7. The summed E-state index contributed by atoms with van der Waals surface area (Å²) in [5.74, 6) is 0.610. The van der Waals surface area contributed by atoms with Crippen LogP contribution in [-0.4, -0.2) is 32.3 Å². The van der Waals surface area contributed by atoms with E-state index in [1.807, 2.05) is 48.5 Å². The van der Waals surface area contributed by atoms with E-state index in [2.05, 4.69) is 10.6 Å². The molecule has 2 N–H and O–H groups in total. The highest BCUT2D eigenvalue weighted by Crippen LogP contribution is 2.20. The van der Waals surface area contributed by atoms with Crippen molar-refractivity contribution in [2.24, 2.45) is 0 Å². The predicted molar refractivity (Wildman–Crippen MR) is 97.8 cm³/mol. The average Bonchev–Trinajstić information content (AvgIpc) is 3.16. The maximum Gasteiger partial charge on any atom is 0.246 e. The molecule has 1 fully saturated rings. The third-order valence-corrected chi connectivity index (χ3v) is 4.31. The molecular formula is C20H24N2O3. The van der Waals surface area contributed by atoms with E-state index in [4.69, 9.17) is 9.47 Å². The molecule has 1 aliphatic rings. The first-order chi connectivity index (χ1) is 12.3. The smallest absolute Gasteiger partial charge is 0.246 e. The zero-order chi connectivity index (χ0) is 17.5. The van der Waals surface area contributed by atoms with Crippen LogP contribution >= 0.6 is 0 Å². The molecule has 5 heteroatoms. The second-order valence-corrected chi connectivity index (χ2v) is 6.11. The van der Waals surface area contributed by atoms with Gasteiger partial charge >= 0.3 is 0 Å². The van der Waals surface area contributed by atoms with Crippen LogP contribution in [0.2, 0.25) is 0 Å². The van der Waals surface area contributed by atoms with E-state index >= 15 is 0 Å². The minimum absolute atomic E-state index is 0.0996. The molecular weight excluding hydrogens is 316 g/mol. The van der Waals surface area contributed by atoms with Crippen LogP contribution in [0.1, 0.15) is 24.4 Å². The summed E-state index contributed by atoms with van der Waals surface area (Å²) in [5.41, 5.74) is 1.64. The molecule has 5 nitrogen and oxygen atoms in total. The second-order valence-electron chi connectivity index (χ2n) is 6.11. The van der Waals surface area contributed by atoms with Crippen molar-refractivity contribution in [2.45, 2.75) is 25.0 Å². The molecule has 0 aromatic heterocycles. The average molecular weight is 340 g/mol. The largest absolute Gasteiger partial charge is 0.497 e. The number of carbonyl (C=O) groups is 1. The lowest BCUT2D eigenvalue weighted by atomic mass is 10.1. The lowest BCUT2D eigenvalue weighted by Crippen LogP contribution is -2.37. The van der Waals surface area contributed by atoms with Gasteiger partial charge in [-0.2, -0.15) is 0 Å². The van der Waals surface area contributed by atoms with E-state index < -0.39 is 6.04 Å². The van der Waals surface area contributed by atoms with Crippen LogP contribution in [0.3, 0.4) is 0 Å². The number of hydrogen-bond acceptors (Lipinski definition) is 4. The molecule has 1 aliphatic heterocycles. The molecule has 0 saturated carbocycles. The Kier molecular flexibility index (Phi) is 6.04. The van der Waals surface area contributed by atoms with Gasteiger partial charge in [-0.1, -0.05) is 36.4 Å². The molecule has 0 radical (unpaired) electrons. The van der Waals surface area contributed by atoms with Gasteiger partial charge in [-0.05, 0) is 30.5 Å². The molecule has 0 bridgehead atoms. The normalized spacial score (nSPS) is 17.9. The summed E-state index contributed by atoms with van der Waals surface area (Å²) >= 11 is 0. The summed E-state index contributed by atoms with van der Waals surface area (Å²) in [5, 5.41) is 6.33. The molecule has 3 rings (SSSR count). The first kappa shape index (κ1) is 17.5. The van der Waals surface area contributed by atoms with Crippen LogP contribution in [0.15, 0.2) is 54.6 Å². The van der Waals surface area contributed by atoms with Gasteiger partial charge in [-0.15, -0.1) is 0 Å². The maximum absolute atomic E-state index is 12.9. The standard InChI is InChI=1S/C20H24N2O3/c1-24-17-10-5-9-16(13-17)22-20(23)19(15-7-3-2-4-8-15)21-14-18-11-6-12-25-18/h2-5,7-10,13,18-19,21H,6,11-12,14H2,1H3,(H,22,23)/t18-,19-/m0/s1. The topological polar surface area (TPSA) is 59.6 Å². The van der Waals surface area contributed by atoms with Gasteiger partial charge in [0.05, 0.1) is 13.2 Å². The highest BCUT2D eigenvalue weighted by Gasteiger charge is 2.23. The molecule has 1 heterocycles. The van der Waals surface area contributed by atoms with Gasteiger partial charge in [-0.3, -0.25) is 10.1 Å². The van der Waals surface area contributed by atoms with Gasteiger partial charge in [-0.25, -0.2) is 0 Å². The summed E-state index contributed by atoms with van der Waals surface area (Å²) in [6.07, 6.45) is 2.29. The molecule has 25 heavy (non-hydrogen) atoms. The first-order valence-electron chi connectivity index (χ1n) is 8.61. The number of carbonyl (C=O) groups excluding carboxylic acids is 1. The summed E-state index contributed by atoms with van der Waals surface area (Å²) in [6.45, 7) is 1.46. The van der Waals surface area contributed by atoms with E-state index in [1.54, 1.807) is 13.2 Å². The number of methoxy groups -OCH3 is 1. The second kappa shape index (κ2) is 8.65. The number of benzene rings is 2. The SMILES string of the molecule is COc1cccc(NC(=O)[C@@H](NC[C@@H]2CCCO2)c2ccccc2)c1. The Morgan fingerprint density at radius 2 is 2.08 bits per heavy atom. The molecule has 132 valence electrons. The van der Waals surface area contributed by atoms with E-state index in [-0.39, 0.29) is 12.0 Å². The van der Waals surface area contributed by atoms with Crippen LogP contribution in [0, 0.1) is 0 Å². The fourth-order valence-electron chi connectivity index (χ4n) is 2.98. The lowest BCUT2D eigenvalue weighted by Gasteiger charge is -2.21. The Labute approximate surface area is 148 Å². The van der Waals surface area contributed by atoms with Gasteiger partial charge < -0.3 is 14.8 Å². The number of ether oxygens (including phenoxy) is 2. The zero-order valence-electron chi connectivity index (χ0n) is 14.4. The number of anilines is 1. The van der Waals surface area contributed by atoms with Crippen molar-refractivity contribution in [3.05, 3.63) is 60.2 Å². The number of amides is 1. The van der Waals surface area contributed by atoms with Gasteiger partial charge in [0, 0.05) is 24.9 Å². The van der Waals surface area contributed by atoms with E-state index in [9.17, 15) is 4.79 Å². The van der Waals surface area contributed by atoms with Gasteiger partial charge in [0.1, 0.15) is 11.8 Å². The summed E-state index contributed by atoms with van der Waals surface area (Å²) in [6, 6.07) is 16.7. The van der Waals surface area contributed by atoms with Crippen LogP contribution in [0.5, 0.6) is 5.75 Å². The molecule has 0 unspecified atom stereocenters. The summed E-state index contributed by atoms with van der Waals surface area (Å²) < 4.78 is 10.9. The van der Waals surface area contributed by atoms with E-state index in [0.29, 0.717) is 18.0 Å². The minimum Gasteiger partial charge on any atom is -0.497 e. The van der Waals surface area contributed by atoms with Crippen molar-refractivity contribution in [1.82, 2.24) is 5.32 Å². The van der Waals surface area contributed by atoms with Gasteiger partial charge in [0.25, 0.3) is 0 Å². The summed E-state index contributed by atoms with van der Waals surface area (Å²) in [4.78, 5) is 12.9. The first-order valence-corrected chi connectivity index (χ1v) is 8.61. The molecule has 2 atom stereocenters. The van der Waals surface area contributed by atoms with Crippen LogP contribution in [0.4, 0.5) is 5.69 Å². The van der Waals surface area contributed by atoms with Crippen molar-refractivity contribution in [3.8, 4) is 5.75 Å².